The zero-order valence-corrected chi connectivity index (χ0v) is 16.5. The van der Waals surface area contributed by atoms with Gasteiger partial charge in [-0.3, -0.25) is 0 Å². The van der Waals surface area contributed by atoms with Crippen LogP contribution in [0.25, 0.3) is 0 Å². The minimum absolute atomic E-state index is 0. The number of rotatable bonds is 8. The SMILES string of the molecule is CCCCCOc1cc(C)ccc1CN=C(N)NC(C)C.I. The zero-order chi connectivity index (χ0) is 15.7. The van der Waals surface area contributed by atoms with Gasteiger partial charge in [-0.05, 0) is 38.8 Å². The van der Waals surface area contributed by atoms with Crippen molar-refractivity contribution < 1.29 is 4.74 Å². The summed E-state index contributed by atoms with van der Waals surface area (Å²) in [6.45, 7) is 9.63. The van der Waals surface area contributed by atoms with E-state index in [1.807, 2.05) is 13.8 Å². The van der Waals surface area contributed by atoms with Crippen LogP contribution in [0.4, 0.5) is 0 Å². The summed E-state index contributed by atoms with van der Waals surface area (Å²) in [5.74, 6) is 1.40. The predicted octanol–water partition coefficient (Wildman–Crippen LogP) is 3.99. The fourth-order valence-electron chi connectivity index (χ4n) is 1.97. The van der Waals surface area contributed by atoms with Gasteiger partial charge in [-0.15, -0.1) is 24.0 Å². The second-order valence-corrected chi connectivity index (χ2v) is 5.67. The molecule has 0 fully saturated rings. The molecule has 0 aromatic heterocycles. The Bertz CT molecular complexity index is 461. The Balaban J connectivity index is 0.00000441. The normalized spacial score (nSPS) is 11.2. The van der Waals surface area contributed by atoms with Crippen molar-refractivity contribution in [2.45, 2.75) is 59.5 Å². The molecule has 0 bridgehead atoms. The molecule has 1 rings (SSSR count). The van der Waals surface area contributed by atoms with Gasteiger partial charge < -0.3 is 15.8 Å². The lowest BCUT2D eigenvalue weighted by molar-refractivity contribution is 0.303. The molecular weight excluding hydrogens is 389 g/mol. The summed E-state index contributed by atoms with van der Waals surface area (Å²) in [6, 6.07) is 6.51. The van der Waals surface area contributed by atoms with Crippen molar-refractivity contribution in [2.24, 2.45) is 10.7 Å². The van der Waals surface area contributed by atoms with Crippen LogP contribution < -0.4 is 15.8 Å². The molecule has 0 unspecified atom stereocenters. The van der Waals surface area contributed by atoms with Crippen LogP contribution in [0.3, 0.4) is 0 Å². The molecule has 22 heavy (non-hydrogen) atoms. The number of unbranched alkanes of at least 4 members (excludes halogenated alkanes) is 2. The summed E-state index contributed by atoms with van der Waals surface area (Å²) in [5, 5.41) is 3.09. The first-order chi connectivity index (χ1) is 10.0. The Labute approximate surface area is 151 Å². The molecule has 0 aliphatic carbocycles. The number of aliphatic imine (C=N–C) groups is 1. The molecule has 0 radical (unpaired) electrons. The molecule has 0 saturated carbocycles. The van der Waals surface area contributed by atoms with Crippen LogP contribution in [-0.4, -0.2) is 18.6 Å². The number of nitrogens with zero attached hydrogens (tertiary/aromatic N) is 1. The number of benzene rings is 1. The molecule has 1 aromatic rings. The molecule has 0 heterocycles. The number of hydrogen-bond donors (Lipinski definition) is 2. The maximum atomic E-state index is 5.90. The standard InChI is InChI=1S/C17H29N3O.HI/c1-5-6-7-10-21-16-11-14(4)8-9-15(16)12-19-17(18)20-13(2)3;/h8-9,11,13H,5-7,10,12H2,1-4H3,(H3,18,19,20);1H. The van der Waals surface area contributed by atoms with E-state index >= 15 is 0 Å². The summed E-state index contributed by atoms with van der Waals surface area (Å²) in [6.07, 6.45) is 3.49. The van der Waals surface area contributed by atoms with Crippen molar-refractivity contribution in [1.29, 1.82) is 0 Å². The Kier molecular flexibility index (Phi) is 11.1. The second-order valence-electron chi connectivity index (χ2n) is 5.67. The largest absolute Gasteiger partial charge is 0.493 e. The van der Waals surface area contributed by atoms with E-state index < -0.39 is 0 Å². The van der Waals surface area contributed by atoms with E-state index in [2.05, 4.69) is 42.4 Å². The number of ether oxygens (including phenoxy) is 1. The number of nitrogens with two attached hydrogens (primary N) is 1. The van der Waals surface area contributed by atoms with Gasteiger partial charge in [0.1, 0.15) is 5.75 Å². The van der Waals surface area contributed by atoms with Crippen LogP contribution in [0.2, 0.25) is 0 Å². The number of halogens is 1. The third-order valence-corrected chi connectivity index (χ3v) is 3.08. The quantitative estimate of drug-likeness (QED) is 0.290. The van der Waals surface area contributed by atoms with Crippen molar-refractivity contribution in [1.82, 2.24) is 5.32 Å². The lowest BCUT2D eigenvalue weighted by atomic mass is 10.1. The van der Waals surface area contributed by atoms with Crippen LogP contribution in [0.15, 0.2) is 23.2 Å². The van der Waals surface area contributed by atoms with Crippen LogP contribution in [-0.2, 0) is 6.54 Å². The molecule has 4 nitrogen and oxygen atoms in total. The molecular formula is C17H30IN3O. The monoisotopic (exact) mass is 419 g/mol. The average Bonchev–Trinajstić information content (AvgIpc) is 2.42. The molecule has 3 N–H and O–H groups in total. The average molecular weight is 419 g/mol. The van der Waals surface area contributed by atoms with Gasteiger partial charge in [-0.2, -0.15) is 0 Å². The van der Waals surface area contributed by atoms with Crippen LogP contribution >= 0.6 is 24.0 Å². The fourth-order valence-corrected chi connectivity index (χ4v) is 1.97. The Morgan fingerprint density at radius 1 is 1.32 bits per heavy atom. The summed E-state index contributed by atoms with van der Waals surface area (Å²) >= 11 is 0. The van der Waals surface area contributed by atoms with Gasteiger partial charge in [0, 0.05) is 11.6 Å². The third-order valence-electron chi connectivity index (χ3n) is 3.08. The Morgan fingerprint density at radius 2 is 2.05 bits per heavy atom. The number of hydrogen-bond acceptors (Lipinski definition) is 2. The summed E-state index contributed by atoms with van der Waals surface area (Å²) in [4.78, 5) is 4.37. The lowest BCUT2D eigenvalue weighted by Crippen LogP contribution is -2.36. The van der Waals surface area contributed by atoms with Crippen LogP contribution in [0.1, 0.15) is 51.2 Å². The molecule has 5 heteroatoms. The Morgan fingerprint density at radius 3 is 2.68 bits per heavy atom. The van der Waals surface area contributed by atoms with Gasteiger partial charge in [-0.25, -0.2) is 4.99 Å². The van der Waals surface area contributed by atoms with Crippen molar-refractivity contribution >= 4 is 29.9 Å². The number of aryl methyl sites for hydroxylation is 1. The highest BCUT2D eigenvalue weighted by Gasteiger charge is 2.04. The number of nitrogens with one attached hydrogen (secondary N) is 1. The Hall–Kier alpha value is -0.980. The van der Waals surface area contributed by atoms with Crippen molar-refractivity contribution in [2.75, 3.05) is 6.61 Å². The molecule has 0 aliphatic rings. The summed E-state index contributed by atoms with van der Waals surface area (Å²) in [7, 11) is 0. The lowest BCUT2D eigenvalue weighted by Gasteiger charge is -2.12. The second kappa shape index (κ2) is 11.6. The van der Waals surface area contributed by atoms with E-state index in [-0.39, 0.29) is 30.0 Å². The highest BCUT2D eigenvalue weighted by atomic mass is 127. The summed E-state index contributed by atoms with van der Waals surface area (Å²) in [5.41, 5.74) is 8.11. The van der Waals surface area contributed by atoms with E-state index in [4.69, 9.17) is 10.5 Å². The third kappa shape index (κ3) is 8.46. The smallest absolute Gasteiger partial charge is 0.189 e. The van der Waals surface area contributed by atoms with Gasteiger partial charge in [0.15, 0.2) is 5.96 Å². The molecule has 0 spiro atoms. The topological polar surface area (TPSA) is 59.6 Å². The molecule has 0 saturated heterocycles. The van der Waals surface area contributed by atoms with Crippen molar-refractivity contribution in [3.8, 4) is 5.75 Å². The molecule has 0 atom stereocenters. The summed E-state index contributed by atoms with van der Waals surface area (Å²) < 4.78 is 5.90. The molecule has 0 amide bonds. The van der Waals surface area contributed by atoms with E-state index in [0.717, 1.165) is 24.3 Å². The maximum absolute atomic E-state index is 5.90. The van der Waals surface area contributed by atoms with E-state index in [9.17, 15) is 0 Å². The minimum atomic E-state index is 0. The van der Waals surface area contributed by atoms with Gasteiger partial charge in [-0.1, -0.05) is 31.9 Å². The first-order valence-corrected chi connectivity index (χ1v) is 7.81. The van der Waals surface area contributed by atoms with Gasteiger partial charge in [0.05, 0.1) is 13.2 Å². The molecule has 0 aliphatic heterocycles. The van der Waals surface area contributed by atoms with Crippen LogP contribution in [0, 0.1) is 6.92 Å². The van der Waals surface area contributed by atoms with E-state index in [1.54, 1.807) is 0 Å². The highest BCUT2D eigenvalue weighted by Crippen LogP contribution is 2.21. The molecule has 126 valence electrons. The predicted molar refractivity (Wildman–Crippen MR) is 105 cm³/mol. The van der Waals surface area contributed by atoms with Crippen molar-refractivity contribution in [3.63, 3.8) is 0 Å². The maximum Gasteiger partial charge on any atom is 0.189 e. The van der Waals surface area contributed by atoms with Crippen LogP contribution in [0.5, 0.6) is 5.75 Å². The van der Waals surface area contributed by atoms with Gasteiger partial charge in [0.25, 0.3) is 0 Å². The van der Waals surface area contributed by atoms with Gasteiger partial charge in [0.2, 0.25) is 0 Å². The zero-order valence-electron chi connectivity index (χ0n) is 14.2. The van der Waals surface area contributed by atoms with E-state index in [1.165, 1.54) is 18.4 Å². The van der Waals surface area contributed by atoms with E-state index in [0.29, 0.717) is 12.5 Å². The van der Waals surface area contributed by atoms with Crippen molar-refractivity contribution in [3.05, 3.63) is 29.3 Å². The van der Waals surface area contributed by atoms with Gasteiger partial charge >= 0.3 is 0 Å². The highest BCUT2D eigenvalue weighted by molar-refractivity contribution is 14.0. The first-order valence-electron chi connectivity index (χ1n) is 7.81. The first kappa shape index (κ1) is 21.0. The number of guanidine groups is 1. The minimum Gasteiger partial charge on any atom is -0.493 e. The fraction of sp³-hybridized carbons (Fsp3) is 0.588. The molecule has 1 aromatic carbocycles.